The Labute approximate surface area is 341 Å². The number of rotatable bonds is 3. The Bertz CT molecular complexity index is 3110. The van der Waals surface area contributed by atoms with Gasteiger partial charge in [0, 0.05) is 50.5 Å². The van der Waals surface area contributed by atoms with E-state index < -0.39 is 0 Å². The third-order valence-corrected chi connectivity index (χ3v) is 12.6. The van der Waals surface area contributed by atoms with E-state index in [9.17, 15) is 0 Å². The lowest BCUT2D eigenvalue weighted by atomic mass is 9.33. The van der Waals surface area contributed by atoms with E-state index in [-0.39, 0.29) is 17.5 Å². The molecule has 0 saturated carbocycles. The van der Waals surface area contributed by atoms with Crippen molar-refractivity contribution in [3.63, 3.8) is 0 Å². The zero-order valence-electron chi connectivity index (χ0n) is 34.0. The van der Waals surface area contributed by atoms with E-state index in [1.54, 1.807) is 0 Å². The minimum atomic E-state index is -0.0130. The summed E-state index contributed by atoms with van der Waals surface area (Å²) >= 11 is 0. The van der Waals surface area contributed by atoms with Crippen molar-refractivity contribution in [1.82, 2.24) is 0 Å². The van der Waals surface area contributed by atoms with Crippen LogP contribution in [-0.2, 0) is 10.8 Å². The van der Waals surface area contributed by atoms with Crippen molar-refractivity contribution < 1.29 is 4.42 Å². The molecule has 0 fully saturated rings. The van der Waals surface area contributed by atoms with Crippen LogP contribution in [0.5, 0.6) is 0 Å². The van der Waals surface area contributed by atoms with Gasteiger partial charge in [-0.15, -0.1) is 0 Å². The number of nitrogens with zero attached hydrogens (tertiary/aromatic N) is 2. The second-order valence-corrected chi connectivity index (χ2v) is 18.2. The summed E-state index contributed by atoms with van der Waals surface area (Å²) in [6.07, 6.45) is 0. The Morgan fingerprint density at radius 3 is 1.69 bits per heavy atom. The number of hydrogen-bond acceptors (Lipinski definition) is 3. The molecule has 0 radical (unpaired) electrons. The van der Waals surface area contributed by atoms with Gasteiger partial charge in [-0.05, 0) is 109 Å². The standard InChI is InChI=1S/C54H45BN2O/c1-53(2,3)37-24-29-46-44(32-37)55-45-33-38(54(4,5)6)25-30-47(45)57(40-28-21-34-13-7-8-14-36(34)31-40)49-19-12-18-48(51(49)55)56(46)39-26-22-35(23-27-39)41-16-11-17-43-42-15-9-10-20-50(42)58-52(41)43/h7-33H,1-6H3. The molecule has 0 unspecified atom stereocenters. The highest BCUT2D eigenvalue weighted by Gasteiger charge is 2.44. The molecule has 0 atom stereocenters. The molecule has 2 aliphatic heterocycles. The van der Waals surface area contributed by atoms with Crippen LogP contribution in [0.4, 0.5) is 34.1 Å². The van der Waals surface area contributed by atoms with Gasteiger partial charge in [-0.1, -0.05) is 151 Å². The first kappa shape index (κ1) is 34.7. The third kappa shape index (κ3) is 5.28. The summed E-state index contributed by atoms with van der Waals surface area (Å²) in [7, 11) is 0. The summed E-state index contributed by atoms with van der Waals surface area (Å²) < 4.78 is 6.47. The molecule has 0 saturated heterocycles. The highest BCUT2D eigenvalue weighted by Crippen LogP contribution is 2.46. The molecule has 0 bridgehead atoms. The number of furan rings is 1. The van der Waals surface area contributed by atoms with Crippen LogP contribution in [0.1, 0.15) is 52.7 Å². The summed E-state index contributed by atoms with van der Waals surface area (Å²) in [5.74, 6) is 0. The maximum absolute atomic E-state index is 6.47. The van der Waals surface area contributed by atoms with Crippen molar-refractivity contribution in [2.45, 2.75) is 52.4 Å². The van der Waals surface area contributed by atoms with Crippen molar-refractivity contribution in [2.75, 3.05) is 9.80 Å². The molecule has 280 valence electrons. The molecule has 0 N–H and O–H groups in total. The zero-order valence-corrected chi connectivity index (χ0v) is 34.0. The minimum absolute atomic E-state index is 0.00611. The van der Waals surface area contributed by atoms with Crippen molar-refractivity contribution in [3.05, 3.63) is 175 Å². The molecule has 9 aromatic rings. The van der Waals surface area contributed by atoms with E-state index in [1.165, 1.54) is 66.7 Å². The van der Waals surface area contributed by atoms with E-state index in [0.717, 1.165) is 38.8 Å². The average molecular weight is 749 g/mol. The second kappa shape index (κ2) is 12.5. The summed E-state index contributed by atoms with van der Waals surface area (Å²) in [6, 6.07) is 60.8. The molecule has 0 amide bonds. The highest BCUT2D eigenvalue weighted by atomic mass is 16.3. The number of hydrogen-bond donors (Lipinski definition) is 0. The lowest BCUT2D eigenvalue weighted by Gasteiger charge is -2.44. The lowest BCUT2D eigenvalue weighted by molar-refractivity contribution is 0.590. The quantitative estimate of drug-likeness (QED) is 0.168. The van der Waals surface area contributed by atoms with Crippen LogP contribution in [0, 0.1) is 0 Å². The summed E-state index contributed by atoms with van der Waals surface area (Å²) in [5, 5.41) is 4.77. The van der Waals surface area contributed by atoms with Crippen molar-refractivity contribution in [2.24, 2.45) is 0 Å². The fourth-order valence-electron chi connectivity index (χ4n) is 9.51. The van der Waals surface area contributed by atoms with Crippen LogP contribution in [-0.4, -0.2) is 6.71 Å². The predicted molar refractivity (Wildman–Crippen MR) is 248 cm³/mol. The van der Waals surface area contributed by atoms with Gasteiger partial charge < -0.3 is 14.2 Å². The molecule has 0 spiro atoms. The second-order valence-electron chi connectivity index (χ2n) is 18.2. The van der Waals surface area contributed by atoms with Gasteiger partial charge in [-0.2, -0.15) is 0 Å². The summed E-state index contributed by atoms with van der Waals surface area (Å²) in [6.45, 7) is 14.0. The molecule has 4 heteroatoms. The number of para-hydroxylation sites is 2. The summed E-state index contributed by atoms with van der Waals surface area (Å²) in [4.78, 5) is 5.01. The molecular weight excluding hydrogens is 703 g/mol. The molecule has 3 heterocycles. The van der Waals surface area contributed by atoms with Gasteiger partial charge in [0.1, 0.15) is 11.2 Å². The molecule has 11 rings (SSSR count). The van der Waals surface area contributed by atoms with E-state index in [2.05, 4.69) is 209 Å². The molecular formula is C54H45BN2O. The largest absolute Gasteiger partial charge is 0.455 e. The van der Waals surface area contributed by atoms with Crippen molar-refractivity contribution in [1.29, 1.82) is 0 Å². The Morgan fingerprint density at radius 1 is 0.448 bits per heavy atom. The zero-order chi connectivity index (χ0) is 39.5. The molecule has 8 aromatic carbocycles. The first-order valence-corrected chi connectivity index (χ1v) is 20.5. The molecule has 0 aliphatic carbocycles. The van der Waals surface area contributed by atoms with Gasteiger partial charge >= 0.3 is 0 Å². The molecule has 2 aliphatic rings. The first-order valence-electron chi connectivity index (χ1n) is 20.5. The Hall–Kier alpha value is -6.52. The van der Waals surface area contributed by atoms with Gasteiger partial charge in [-0.25, -0.2) is 0 Å². The number of benzene rings is 8. The predicted octanol–water partition coefficient (Wildman–Crippen LogP) is 13.1. The van der Waals surface area contributed by atoms with Crippen LogP contribution in [0.2, 0.25) is 0 Å². The SMILES string of the molecule is CC(C)(C)c1ccc2c(c1)B1c3cc(C(C)(C)C)ccc3N(c3ccc4ccccc4c3)c3cccc(c31)N2c1ccc(-c2cccc3c2oc2ccccc23)cc1. The van der Waals surface area contributed by atoms with Crippen LogP contribution in [0.3, 0.4) is 0 Å². The number of anilines is 6. The van der Waals surface area contributed by atoms with E-state index in [1.807, 2.05) is 6.07 Å². The average Bonchev–Trinajstić information content (AvgIpc) is 3.62. The highest BCUT2D eigenvalue weighted by molar-refractivity contribution is 7.00. The van der Waals surface area contributed by atoms with E-state index in [0.29, 0.717) is 0 Å². The Balaban J connectivity index is 1.14. The third-order valence-electron chi connectivity index (χ3n) is 12.6. The van der Waals surface area contributed by atoms with Gasteiger partial charge in [0.15, 0.2) is 0 Å². The Kier molecular flexibility index (Phi) is 7.48. The van der Waals surface area contributed by atoms with E-state index in [4.69, 9.17) is 4.42 Å². The van der Waals surface area contributed by atoms with Gasteiger partial charge in [0.25, 0.3) is 6.71 Å². The monoisotopic (exact) mass is 748 g/mol. The fourth-order valence-corrected chi connectivity index (χ4v) is 9.51. The van der Waals surface area contributed by atoms with Crippen LogP contribution in [0.25, 0.3) is 43.8 Å². The topological polar surface area (TPSA) is 19.6 Å². The smallest absolute Gasteiger partial charge is 0.252 e. The maximum atomic E-state index is 6.47. The lowest BCUT2D eigenvalue weighted by Crippen LogP contribution is -2.61. The summed E-state index contributed by atoms with van der Waals surface area (Å²) in [5.41, 5.74) is 18.0. The van der Waals surface area contributed by atoms with Gasteiger partial charge in [0.2, 0.25) is 0 Å². The van der Waals surface area contributed by atoms with Crippen LogP contribution < -0.4 is 26.2 Å². The van der Waals surface area contributed by atoms with Crippen LogP contribution >= 0.6 is 0 Å². The molecule has 3 nitrogen and oxygen atoms in total. The molecule has 58 heavy (non-hydrogen) atoms. The van der Waals surface area contributed by atoms with E-state index >= 15 is 0 Å². The van der Waals surface area contributed by atoms with Gasteiger partial charge in [-0.3, -0.25) is 0 Å². The normalized spacial score (nSPS) is 13.6. The number of fused-ring (bicyclic) bond motifs is 8. The Morgan fingerprint density at radius 2 is 1.02 bits per heavy atom. The first-order chi connectivity index (χ1) is 28.0. The van der Waals surface area contributed by atoms with Crippen molar-refractivity contribution >= 4 is 89.9 Å². The molecule has 1 aromatic heterocycles. The van der Waals surface area contributed by atoms with Crippen LogP contribution in [0.15, 0.2) is 168 Å². The minimum Gasteiger partial charge on any atom is -0.455 e. The fraction of sp³-hybridized carbons (Fsp3) is 0.148. The van der Waals surface area contributed by atoms with Gasteiger partial charge in [0.05, 0.1) is 0 Å². The van der Waals surface area contributed by atoms with Crippen molar-refractivity contribution in [3.8, 4) is 11.1 Å². The maximum Gasteiger partial charge on any atom is 0.252 e.